The van der Waals surface area contributed by atoms with Crippen LogP contribution in [0.5, 0.6) is 11.5 Å². The van der Waals surface area contributed by atoms with E-state index >= 15 is 0 Å². The summed E-state index contributed by atoms with van der Waals surface area (Å²) in [6, 6.07) is 5.44. The maximum absolute atomic E-state index is 11.6. The quantitative estimate of drug-likeness (QED) is 0.844. The van der Waals surface area contributed by atoms with Crippen LogP contribution in [0.4, 0.5) is 4.79 Å². The minimum atomic E-state index is -0.379. The summed E-state index contributed by atoms with van der Waals surface area (Å²) in [5, 5.41) is 0. The number of amides is 1. The zero-order chi connectivity index (χ0) is 13.7. The summed E-state index contributed by atoms with van der Waals surface area (Å²) in [6.45, 7) is 0.757. The molecule has 0 saturated heterocycles. The molecule has 0 fully saturated rings. The van der Waals surface area contributed by atoms with E-state index in [2.05, 4.69) is 0 Å². The fourth-order valence-electron chi connectivity index (χ4n) is 1.49. The molecule has 18 heavy (non-hydrogen) atoms. The van der Waals surface area contributed by atoms with Gasteiger partial charge in [-0.05, 0) is 18.2 Å². The number of quaternary nitrogens is 1. The second kappa shape index (κ2) is 6.26. The molecule has 0 unspecified atom stereocenters. The second-order valence-corrected chi connectivity index (χ2v) is 4.62. The van der Waals surface area contributed by atoms with Crippen LogP contribution in [0.3, 0.4) is 0 Å². The van der Waals surface area contributed by atoms with Crippen molar-refractivity contribution in [2.24, 2.45) is 0 Å². The Labute approximate surface area is 108 Å². The summed E-state index contributed by atoms with van der Waals surface area (Å²) in [7, 11) is 9.01. The van der Waals surface area contributed by atoms with Gasteiger partial charge in [0.1, 0.15) is 18.0 Å². The molecule has 0 aromatic heterocycles. The van der Waals surface area contributed by atoms with Crippen LogP contribution in [0.2, 0.25) is 0 Å². The predicted molar refractivity (Wildman–Crippen MR) is 69.2 cm³/mol. The molecule has 1 N–H and O–H groups in total. The van der Waals surface area contributed by atoms with E-state index in [9.17, 15) is 4.79 Å². The molecular weight excluding hydrogens is 232 g/mol. The number of methoxy groups -OCH3 is 1. The molecule has 1 aromatic rings. The number of nitrogens with zero attached hydrogens (tertiary/aromatic N) is 1. The molecule has 0 aliphatic rings. The van der Waals surface area contributed by atoms with Crippen molar-refractivity contribution in [1.29, 1.82) is 0 Å². The molecule has 1 rings (SSSR count). The van der Waals surface area contributed by atoms with Gasteiger partial charge in [0.2, 0.25) is 0 Å². The van der Waals surface area contributed by atoms with Gasteiger partial charge in [-0.2, -0.15) is 0 Å². The molecule has 0 spiro atoms. The smallest absolute Gasteiger partial charge is 0.414 e. The Hall–Kier alpha value is -1.75. The fraction of sp³-hybridized carbons (Fsp3) is 0.462. The second-order valence-electron chi connectivity index (χ2n) is 4.62. The lowest BCUT2D eigenvalue weighted by molar-refractivity contribution is -0.872. The number of carbonyl (C=O) groups is 1. The summed E-state index contributed by atoms with van der Waals surface area (Å²) in [5.41, 5.74) is 0.949. The first kappa shape index (κ1) is 14.3. The van der Waals surface area contributed by atoms with E-state index in [4.69, 9.17) is 9.47 Å². The molecule has 0 heterocycles. The fourth-order valence-corrected chi connectivity index (χ4v) is 1.49. The van der Waals surface area contributed by atoms with Crippen LogP contribution in [0, 0.1) is 0 Å². The topological polar surface area (TPSA) is 43.2 Å². The minimum absolute atomic E-state index is 0.379. The molecule has 5 nitrogen and oxygen atoms in total. The number of benzene rings is 1. The summed E-state index contributed by atoms with van der Waals surface area (Å²) < 4.78 is 10.5. The van der Waals surface area contributed by atoms with Crippen molar-refractivity contribution in [3.05, 3.63) is 23.8 Å². The Morgan fingerprint density at radius 1 is 1.33 bits per heavy atom. The number of hydrogen-bond acceptors (Lipinski definition) is 3. The third-order valence-electron chi connectivity index (χ3n) is 2.37. The zero-order valence-electron chi connectivity index (χ0n) is 11.6. The average molecular weight is 253 g/mol. The Morgan fingerprint density at radius 3 is 2.50 bits per heavy atom. The number of rotatable bonds is 4. The summed E-state index contributed by atoms with van der Waals surface area (Å²) in [5.74, 6) is 1.34. The lowest BCUT2D eigenvalue weighted by Gasteiger charge is -2.15. The minimum Gasteiger partial charge on any atom is -0.497 e. The SMILES string of the molecule is COc1ccc(OC(=O)N(C)C)c(C[NH+](C)C)c1. The highest BCUT2D eigenvalue weighted by Gasteiger charge is 2.13. The molecule has 1 aromatic carbocycles. The van der Waals surface area contributed by atoms with Crippen LogP contribution in [-0.4, -0.2) is 46.3 Å². The van der Waals surface area contributed by atoms with Crippen LogP contribution in [0.15, 0.2) is 18.2 Å². The number of ether oxygens (including phenoxy) is 2. The zero-order valence-corrected chi connectivity index (χ0v) is 11.6. The standard InChI is InChI=1S/C13H20N2O3/c1-14(2)9-10-8-11(17-5)6-7-12(10)18-13(16)15(3)4/h6-8H,9H2,1-5H3/p+1. The van der Waals surface area contributed by atoms with Gasteiger partial charge in [-0.25, -0.2) is 4.79 Å². The van der Waals surface area contributed by atoms with Gasteiger partial charge >= 0.3 is 6.09 Å². The van der Waals surface area contributed by atoms with Gasteiger partial charge in [0.05, 0.1) is 26.8 Å². The van der Waals surface area contributed by atoms with E-state index in [-0.39, 0.29) is 6.09 Å². The maximum atomic E-state index is 11.6. The first-order valence-electron chi connectivity index (χ1n) is 5.79. The summed E-state index contributed by atoms with van der Waals surface area (Å²) in [6.07, 6.45) is -0.379. The normalized spacial score (nSPS) is 10.3. The molecule has 0 aliphatic carbocycles. The van der Waals surface area contributed by atoms with Crippen molar-refractivity contribution in [1.82, 2.24) is 4.90 Å². The molecule has 100 valence electrons. The first-order valence-corrected chi connectivity index (χ1v) is 5.79. The van der Waals surface area contributed by atoms with Gasteiger partial charge in [-0.1, -0.05) is 0 Å². The highest BCUT2D eigenvalue weighted by molar-refractivity contribution is 5.70. The van der Waals surface area contributed by atoms with E-state index in [1.54, 1.807) is 33.3 Å². The summed E-state index contributed by atoms with van der Waals surface area (Å²) in [4.78, 5) is 14.2. The van der Waals surface area contributed by atoms with E-state index in [0.717, 1.165) is 17.9 Å². The van der Waals surface area contributed by atoms with Crippen LogP contribution < -0.4 is 14.4 Å². The number of carbonyl (C=O) groups excluding carboxylic acids is 1. The maximum Gasteiger partial charge on any atom is 0.414 e. The Balaban J connectivity index is 2.98. The van der Waals surface area contributed by atoms with E-state index in [0.29, 0.717) is 5.75 Å². The van der Waals surface area contributed by atoms with Crippen molar-refractivity contribution in [2.75, 3.05) is 35.3 Å². The molecular formula is C13H21N2O3+. The van der Waals surface area contributed by atoms with E-state index in [1.165, 1.54) is 9.80 Å². The van der Waals surface area contributed by atoms with Crippen molar-refractivity contribution in [3.63, 3.8) is 0 Å². The van der Waals surface area contributed by atoms with Crippen LogP contribution in [-0.2, 0) is 6.54 Å². The van der Waals surface area contributed by atoms with Crippen LogP contribution >= 0.6 is 0 Å². The van der Waals surface area contributed by atoms with Crippen molar-refractivity contribution >= 4 is 6.09 Å². The molecule has 0 atom stereocenters. The van der Waals surface area contributed by atoms with E-state index < -0.39 is 0 Å². The lowest BCUT2D eigenvalue weighted by Crippen LogP contribution is -3.04. The molecule has 5 heteroatoms. The lowest BCUT2D eigenvalue weighted by atomic mass is 10.2. The monoisotopic (exact) mass is 253 g/mol. The van der Waals surface area contributed by atoms with Gasteiger partial charge in [0, 0.05) is 14.1 Å². The van der Waals surface area contributed by atoms with Gasteiger partial charge < -0.3 is 19.3 Å². The predicted octanol–water partition coefficient (Wildman–Crippen LogP) is 0.400. The van der Waals surface area contributed by atoms with Gasteiger partial charge in [-0.15, -0.1) is 0 Å². The third kappa shape index (κ3) is 3.92. The van der Waals surface area contributed by atoms with Gasteiger partial charge in [0.25, 0.3) is 0 Å². The van der Waals surface area contributed by atoms with Crippen LogP contribution in [0.1, 0.15) is 5.56 Å². The molecule has 0 radical (unpaired) electrons. The molecule has 1 amide bonds. The van der Waals surface area contributed by atoms with Crippen molar-refractivity contribution < 1.29 is 19.2 Å². The van der Waals surface area contributed by atoms with Gasteiger partial charge in [-0.3, -0.25) is 0 Å². The first-order chi connectivity index (χ1) is 8.43. The number of hydrogen-bond donors (Lipinski definition) is 1. The highest BCUT2D eigenvalue weighted by Crippen LogP contribution is 2.24. The Kier molecular flexibility index (Phi) is 4.97. The number of nitrogens with one attached hydrogen (secondary N) is 1. The highest BCUT2D eigenvalue weighted by atomic mass is 16.6. The Morgan fingerprint density at radius 2 is 2.00 bits per heavy atom. The molecule has 0 bridgehead atoms. The average Bonchev–Trinajstić information content (AvgIpc) is 2.30. The third-order valence-corrected chi connectivity index (χ3v) is 2.37. The van der Waals surface area contributed by atoms with Crippen molar-refractivity contribution in [2.45, 2.75) is 6.54 Å². The van der Waals surface area contributed by atoms with Crippen molar-refractivity contribution in [3.8, 4) is 11.5 Å². The van der Waals surface area contributed by atoms with Gasteiger partial charge in [0.15, 0.2) is 0 Å². The molecule has 0 saturated carbocycles. The summed E-state index contributed by atoms with van der Waals surface area (Å²) >= 11 is 0. The Bertz CT molecular complexity index is 417. The largest absolute Gasteiger partial charge is 0.497 e. The van der Waals surface area contributed by atoms with E-state index in [1.807, 2.05) is 20.2 Å². The van der Waals surface area contributed by atoms with Crippen LogP contribution in [0.25, 0.3) is 0 Å². The molecule has 0 aliphatic heterocycles.